The van der Waals surface area contributed by atoms with Gasteiger partial charge < -0.3 is 15.9 Å². The number of benzene rings is 1. The Morgan fingerprint density at radius 2 is 1.34 bits per heavy atom. The molecule has 5 heteroatoms. The molecule has 0 atom stereocenters. The molecule has 0 spiro atoms. The maximum Gasteiger partial charge on any atom is 1.00 e. The van der Waals surface area contributed by atoms with Gasteiger partial charge in [0.15, 0.2) is 11.5 Å². The Morgan fingerprint density at radius 1 is 0.862 bits per heavy atom. The van der Waals surface area contributed by atoms with Gasteiger partial charge in [-0.2, -0.15) is 21.6 Å². The molecule has 0 radical (unpaired) electrons. The summed E-state index contributed by atoms with van der Waals surface area (Å²) in [5.74, 6) is -0.288. The molecule has 1 aromatic carbocycles. The van der Waals surface area contributed by atoms with Crippen molar-refractivity contribution in [2.24, 2.45) is 17.8 Å². The zero-order chi connectivity index (χ0) is 19.8. The first kappa shape index (κ1) is 25.5. The predicted octanol–water partition coefficient (Wildman–Crippen LogP) is 3.89. The van der Waals surface area contributed by atoms with Crippen molar-refractivity contribution in [2.75, 3.05) is 13.2 Å². The average Bonchev–Trinajstić information content (AvgIpc) is 2.74. The number of hydrogen-bond donors (Lipinski definition) is 0. The molecule has 156 valence electrons. The maximum absolute atomic E-state index is 14.4. The van der Waals surface area contributed by atoms with E-state index in [-0.39, 0.29) is 69.7 Å². The van der Waals surface area contributed by atoms with Crippen LogP contribution in [0.1, 0.15) is 64.2 Å². The second-order valence-electron chi connectivity index (χ2n) is 8.37. The van der Waals surface area contributed by atoms with Crippen LogP contribution in [0, 0.1) is 35.8 Å². The van der Waals surface area contributed by atoms with Gasteiger partial charge in [0.25, 0.3) is 0 Å². The second-order valence-corrected chi connectivity index (χ2v) is 8.37. The summed E-state index contributed by atoms with van der Waals surface area (Å²) in [4.78, 5) is 0. The molecule has 29 heavy (non-hydrogen) atoms. The summed E-state index contributed by atoms with van der Waals surface area (Å²) in [6.45, 7) is 4.68. The van der Waals surface area contributed by atoms with Gasteiger partial charge in [-0.05, 0) is 55.6 Å². The summed E-state index contributed by atoms with van der Waals surface area (Å²) < 4.78 is 39.9. The average molecular weight is 477 g/mol. The fraction of sp³-hybridized carbons (Fsp3) is 0.625. The third-order valence-corrected chi connectivity index (χ3v) is 6.26. The first-order valence-corrected chi connectivity index (χ1v) is 10.8. The summed E-state index contributed by atoms with van der Waals surface area (Å²) in [6, 6.07) is 2.99. The smallest absolute Gasteiger partial charge is 0.490 e. The summed E-state index contributed by atoms with van der Waals surface area (Å²) in [5.41, 5.74) is 0. The summed E-state index contributed by atoms with van der Waals surface area (Å²) in [7, 11) is 0. The zero-order valence-corrected chi connectivity index (χ0v) is 22.7. The summed E-state index contributed by atoms with van der Waals surface area (Å²) in [6.07, 6.45) is 15.3. The van der Waals surface area contributed by atoms with Gasteiger partial charge in [-0.25, -0.2) is 0 Å². The zero-order valence-electron chi connectivity index (χ0n) is 17.8. The van der Waals surface area contributed by atoms with Gasteiger partial charge in [-0.1, -0.05) is 31.8 Å². The quantitative estimate of drug-likeness (QED) is 0.397. The minimum Gasteiger partial charge on any atom is -0.490 e. The van der Waals surface area contributed by atoms with Crippen molar-refractivity contribution in [3.05, 3.63) is 42.8 Å². The minimum atomic E-state index is -0.937. The van der Waals surface area contributed by atoms with Crippen molar-refractivity contribution in [2.45, 2.75) is 64.2 Å². The monoisotopic (exact) mass is 476 g/mol. The molecule has 3 rings (SSSR count). The van der Waals surface area contributed by atoms with E-state index in [4.69, 9.17) is 9.47 Å². The molecule has 0 bridgehead atoms. The van der Waals surface area contributed by atoms with Crippen LogP contribution in [0.25, 0.3) is 0 Å². The van der Waals surface area contributed by atoms with E-state index in [1.165, 1.54) is 31.4 Å². The van der Waals surface area contributed by atoms with E-state index in [0.717, 1.165) is 50.9 Å². The molecule has 2 saturated carbocycles. The van der Waals surface area contributed by atoms with Crippen LogP contribution in [0.5, 0.6) is 11.5 Å². The first-order chi connectivity index (χ1) is 13.7. The van der Waals surface area contributed by atoms with E-state index < -0.39 is 11.6 Å². The molecule has 2 aliphatic rings. The van der Waals surface area contributed by atoms with Crippen molar-refractivity contribution in [1.82, 2.24) is 0 Å². The fourth-order valence-electron chi connectivity index (χ4n) is 4.36. The Kier molecular flexibility index (Phi) is 11.9. The van der Waals surface area contributed by atoms with Crippen molar-refractivity contribution in [3.8, 4) is 11.5 Å². The number of hydrogen-bond acceptors (Lipinski definition) is 2. The van der Waals surface area contributed by atoms with Crippen LogP contribution < -0.4 is 67.7 Å². The van der Waals surface area contributed by atoms with Gasteiger partial charge in [0.1, 0.15) is 0 Å². The molecule has 0 amide bonds. The van der Waals surface area contributed by atoms with Crippen molar-refractivity contribution < 1.29 is 76.4 Å². The van der Waals surface area contributed by atoms with Crippen LogP contribution in [0.3, 0.4) is 0 Å². The standard InChI is InChI=1S/C24H33F2O2.Rb/c1-2-3-7-18-10-12-20(13-11-18)17-28-22-15-14-21(23(25)24(22)26)27-16-19-8-5-4-6-9-19;/h2,4,14-15,18-20H,1,3,5-13,16-17H2;/q-1;+1. The van der Waals surface area contributed by atoms with Gasteiger partial charge in [-0.15, -0.1) is 6.58 Å². The minimum absolute atomic E-state index is 0. The van der Waals surface area contributed by atoms with E-state index >= 15 is 0 Å². The van der Waals surface area contributed by atoms with E-state index in [2.05, 4.69) is 13.0 Å². The fourth-order valence-corrected chi connectivity index (χ4v) is 4.36. The molecule has 1 aromatic rings. The van der Waals surface area contributed by atoms with E-state index in [0.29, 0.717) is 25.0 Å². The molecule has 2 fully saturated rings. The Balaban J connectivity index is 0.00000300. The Labute approximate surface area is 223 Å². The van der Waals surface area contributed by atoms with Gasteiger partial charge >= 0.3 is 58.2 Å². The van der Waals surface area contributed by atoms with Gasteiger partial charge in [0, 0.05) is 0 Å². The van der Waals surface area contributed by atoms with E-state index in [1.807, 2.05) is 6.08 Å². The van der Waals surface area contributed by atoms with Crippen LogP contribution in [-0.2, 0) is 0 Å². The maximum atomic E-state index is 14.4. The number of halogens is 2. The molecule has 2 nitrogen and oxygen atoms in total. The van der Waals surface area contributed by atoms with E-state index in [9.17, 15) is 8.78 Å². The van der Waals surface area contributed by atoms with Crippen LogP contribution in [0.4, 0.5) is 8.78 Å². The van der Waals surface area contributed by atoms with Crippen molar-refractivity contribution in [1.29, 1.82) is 0 Å². The number of rotatable bonds is 9. The molecular weight excluding hydrogens is 444 g/mol. The van der Waals surface area contributed by atoms with Gasteiger partial charge in [0.05, 0.1) is 13.2 Å². The van der Waals surface area contributed by atoms with Crippen LogP contribution in [0.2, 0.25) is 0 Å². The molecule has 0 saturated heterocycles. The largest absolute Gasteiger partial charge is 1.00 e. The normalized spacial score (nSPS) is 22.6. The van der Waals surface area contributed by atoms with Crippen LogP contribution >= 0.6 is 0 Å². The number of allylic oxidation sites excluding steroid dienone is 1. The third kappa shape index (κ3) is 8.01. The van der Waals surface area contributed by atoms with Gasteiger partial charge in [-0.3, -0.25) is 0 Å². The second kappa shape index (κ2) is 13.6. The third-order valence-electron chi connectivity index (χ3n) is 6.26. The topological polar surface area (TPSA) is 18.5 Å². The Bertz CT molecular complexity index is 624. The summed E-state index contributed by atoms with van der Waals surface area (Å²) >= 11 is 0. The molecule has 0 N–H and O–H groups in total. The van der Waals surface area contributed by atoms with Crippen LogP contribution in [-0.4, -0.2) is 13.2 Å². The van der Waals surface area contributed by atoms with Crippen molar-refractivity contribution >= 4 is 0 Å². The molecular formula is C24H33F2O2Rb. The molecule has 0 aliphatic heterocycles. The number of ether oxygens (including phenoxy) is 2. The van der Waals surface area contributed by atoms with Crippen molar-refractivity contribution in [3.63, 3.8) is 0 Å². The molecule has 0 heterocycles. The molecule has 2 aliphatic carbocycles. The Morgan fingerprint density at radius 3 is 1.86 bits per heavy atom. The van der Waals surface area contributed by atoms with E-state index in [1.54, 1.807) is 0 Å². The predicted molar refractivity (Wildman–Crippen MR) is 108 cm³/mol. The molecule has 0 unspecified atom stereocenters. The SMILES string of the molecule is C=CCCC1CCC(COc2ccc(OCC3CC[CH-]CC3)c(F)c2F)CC1.[Rb+]. The first-order valence-electron chi connectivity index (χ1n) is 10.8. The summed E-state index contributed by atoms with van der Waals surface area (Å²) in [5, 5.41) is 0. The van der Waals surface area contributed by atoms with Crippen LogP contribution in [0.15, 0.2) is 24.8 Å². The Hall–Kier alpha value is 0.225. The van der Waals surface area contributed by atoms with Gasteiger partial charge in [0.2, 0.25) is 11.6 Å². The molecule has 0 aromatic heterocycles.